The van der Waals surface area contributed by atoms with Crippen molar-refractivity contribution >= 4 is 29.1 Å². The zero-order chi connectivity index (χ0) is 20.5. The standard InChI is InChI=1S/C21H28N4O2S/c1-6-25-18(15-7-8-15)23-24-20(25)28-13(2)17(26)14-9-11-16(12-10-14)22-19(27)21(3,4)5/h9-13,15H,6-8H2,1-5H3,(H,22,27)/t13-/m0/s1. The number of nitrogens with zero attached hydrogens (tertiary/aromatic N) is 3. The van der Waals surface area contributed by atoms with Gasteiger partial charge in [-0.05, 0) is 51.0 Å². The van der Waals surface area contributed by atoms with Gasteiger partial charge < -0.3 is 9.88 Å². The Labute approximate surface area is 170 Å². The van der Waals surface area contributed by atoms with Crippen LogP contribution in [0.5, 0.6) is 0 Å². The van der Waals surface area contributed by atoms with Crippen LogP contribution in [-0.2, 0) is 11.3 Å². The maximum Gasteiger partial charge on any atom is 0.229 e. The minimum Gasteiger partial charge on any atom is -0.326 e. The number of rotatable bonds is 7. The molecule has 1 aliphatic carbocycles. The van der Waals surface area contributed by atoms with Gasteiger partial charge in [0.1, 0.15) is 5.82 Å². The molecule has 1 heterocycles. The summed E-state index contributed by atoms with van der Waals surface area (Å²) in [6.45, 7) is 10.4. The normalized spacial score (nSPS) is 15.3. The molecule has 2 aromatic rings. The molecule has 6 nitrogen and oxygen atoms in total. The number of aromatic nitrogens is 3. The molecule has 1 atom stereocenters. The molecule has 1 N–H and O–H groups in total. The lowest BCUT2D eigenvalue weighted by molar-refractivity contribution is -0.123. The van der Waals surface area contributed by atoms with Crippen molar-refractivity contribution in [2.45, 2.75) is 70.3 Å². The smallest absolute Gasteiger partial charge is 0.229 e. The van der Waals surface area contributed by atoms with Crippen LogP contribution in [0.15, 0.2) is 29.4 Å². The average molecular weight is 401 g/mol. The minimum atomic E-state index is -0.464. The van der Waals surface area contributed by atoms with E-state index in [9.17, 15) is 9.59 Å². The van der Waals surface area contributed by atoms with Gasteiger partial charge in [-0.2, -0.15) is 0 Å². The second-order valence-electron chi connectivity index (χ2n) is 8.27. The maximum atomic E-state index is 12.8. The summed E-state index contributed by atoms with van der Waals surface area (Å²) in [6.07, 6.45) is 2.35. The van der Waals surface area contributed by atoms with Crippen LogP contribution < -0.4 is 5.32 Å². The summed E-state index contributed by atoms with van der Waals surface area (Å²) in [4.78, 5) is 24.9. The molecular formula is C21H28N4O2S. The van der Waals surface area contributed by atoms with Crippen LogP contribution in [0.2, 0.25) is 0 Å². The molecule has 3 rings (SSSR count). The minimum absolute atomic E-state index is 0.0392. The molecule has 0 radical (unpaired) electrons. The highest BCUT2D eigenvalue weighted by molar-refractivity contribution is 8.00. The van der Waals surface area contributed by atoms with Crippen LogP contribution >= 0.6 is 11.8 Å². The molecule has 0 aliphatic heterocycles. The molecule has 0 spiro atoms. The van der Waals surface area contributed by atoms with Gasteiger partial charge in [0.05, 0.1) is 5.25 Å². The van der Waals surface area contributed by atoms with Crippen LogP contribution in [0.3, 0.4) is 0 Å². The van der Waals surface area contributed by atoms with E-state index >= 15 is 0 Å². The first kappa shape index (κ1) is 20.6. The maximum absolute atomic E-state index is 12.8. The number of thioether (sulfide) groups is 1. The van der Waals surface area contributed by atoms with Crippen LogP contribution in [0.4, 0.5) is 5.69 Å². The van der Waals surface area contributed by atoms with E-state index in [0.29, 0.717) is 17.2 Å². The molecule has 0 saturated heterocycles. The molecule has 1 amide bonds. The van der Waals surface area contributed by atoms with Crippen LogP contribution in [0.25, 0.3) is 0 Å². The van der Waals surface area contributed by atoms with Gasteiger partial charge in [0.15, 0.2) is 10.9 Å². The van der Waals surface area contributed by atoms with Crippen molar-refractivity contribution in [3.63, 3.8) is 0 Å². The first-order valence-electron chi connectivity index (χ1n) is 9.76. The highest BCUT2D eigenvalue weighted by Crippen LogP contribution is 2.40. The summed E-state index contributed by atoms with van der Waals surface area (Å²) < 4.78 is 2.12. The third-order valence-corrected chi connectivity index (χ3v) is 5.84. The van der Waals surface area contributed by atoms with Gasteiger partial charge in [-0.1, -0.05) is 32.5 Å². The van der Waals surface area contributed by atoms with Crippen molar-refractivity contribution in [3.05, 3.63) is 35.7 Å². The highest BCUT2D eigenvalue weighted by Gasteiger charge is 2.31. The number of anilines is 1. The molecule has 1 aromatic carbocycles. The Kier molecular flexibility index (Phi) is 5.93. The second kappa shape index (κ2) is 8.07. The molecule has 1 aromatic heterocycles. The van der Waals surface area contributed by atoms with E-state index < -0.39 is 5.41 Å². The van der Waals surface area contributed by atoms with E-state index in [-0.39, 0.29) is 16.9 Å². The number of carbonyl (C=O) groups excluding carboxylic acids is 2. The average Bonchev–Trinajstić information content (AvgIpc) is 3.42. The van der Waals surface area contributed by atoms with E-state index in [1.807, 2.05) is 27.7 Å². The number of benzene rings is 1. The van der Waals surface area contributed by atoms with Crippen molar-refractivity contribution < 1.29 is 9.59 Å². The predicted molar refractivity (Wildman–Crippen MR) is 112 cm³/mol. The summed E-state index contributed by atoms with van der Waals surface area (Å²) in [5.74, 6) is 1.56. The van der Waals surface area contributed by atoms with Gasteiger partial charge in [-0.25, -0.2) is 0 Å². The Balaban J connectivity index is 1.66. The lowest BCUT2D eigenvalue weighted by Gasteiger charge is -2.18. The van der Waals surface area contributed by atoms with Gasteiger partial charge in [-0.3, -0.25) is 9.59 Å². The van der Waals surface area contributed by atoms with E-state index in [1.165, 1.54) is 24.6 Å². The quantitative estimate of drug-likeness (QED) is 0.546. The van der Waals surface area contributed by atoms with Gasteiger partial charge in [0.25, 0.3) is 0 Å². The molecule has 28 heavy (non-hydrogen) atoms. The Morgan fingerprint density at radius 1 is 1.21 bits per heavy atom. The van der Waals surface area contributed by atoms with E-state index in [2.05, 4.69) is 27.0 Å². The van der Waals surface area contributed by atoms with Crippen LogP contribution in [-0.4, -0.2) is 31.7 Å². The summed E-state index contributed by atoms with van der Waals surface area (Å²) in [5, 5.41) is 12.1. The number of ketones is 1. The lowest BCUT2D eigenvalue weighted by Crippen LogP contribution is -2.27. The first-order valence-corrected chi connectivity index (χ1v) is 10.6. The van der Waals surface area contributed by atoms with E-state index in [0.717, 1.165) is 17.5 Å². The number of nitrogens with one attached hydrogen (secondary N) is 1. The molecule has 1 saturated carbocycles. The third-order valence-electron chi connectivity index (χ3n) is 4.76. The zero-order valence-electron chi connectivity index (χ0n) is 17.2. The predicted octanol–water partition coefficient (Wildman–Crippen LogP) is 4.52. The van der Waals surface area contributed by atoms with Crippen molar-refractivity contribution in [2.24, 2.45) is 5.41 Å². The fraction of sp³-hybridized carbons (Fsp3) is 0.524. The Morgan fingerprint density at radius 2 is 1.86 bits per heavy atom. The lowest BCUT2D eigenvalue weighted by atomic mass is 9.95. The third kappa shape index (κ3) is 4.63. The Morgan fingerprint density at radius 3 is 2.39 bits per heavy atom. The number of carbonyl (C=O) groups is 2. The van der Waals surface area contributed by atoms with Crippen LogP contribution in [0, 0.1) is 5.41 Å². The fourth-order valence-electron chi connectivity index (χ4n) is 2.81. The number of hydrogen-bond acceptors (Lipinski definition) is 5. The number of hydrogen-bond donors (Lipinski definition) is 1. The molecule has 150 valence electrons. The number of Topliss-reactive ketones (excluding diaryl/α,β-unsaturated/α-hetero) is 1. The van der Waals surface area contributed by atoms with Crippen LogP contribution in [0.1, 0.15) is 69.6 Å². The molecule has 7 heteroatoms. The first-order chi connectivity index (χ1) is 13.2. The fourth-order valence-corrected chi connectivity index (χ4v) is 3.81. The molecule has 1 fully saturated rings. The van der Waals surface area contributed by atoms with Crippen molar-refractivity contribution in [1.29, 1.82) is 0 Å². The molecular weight excluding hydrogens is 372 g/mol. The highest BCUT2D eigenvalue weighted by atomic mass is 32.2. The Bertz CT molecular complexity index is 864. The zero-order valence-corrected chi connectivity index (χ0v) is 18.0. The monoisotopic (exact) mass is 400 g/mol. The van der Waals surface area contributed by atoms with Crippen molar-refractivity contribution in [1.82, 2.24) is 14.8 Å². The summed E-state index contributed by atoms with van der Waals surface area (Å²) in [7, 11) is 0. The SMILES string of the molecule is CCn1c(S[C@@H](C)C(=O)c2ccc(NC(=O)C(C)(C)C)cc2)nnc1C1CC1. The van der Waals surface area contributed by atoms with Crippen molar-refractivity contribution in [2.75, 3.05) is 5.32 Å². The van der Waals surface area contributed by atoms with E-state index in [4.69, 9.17) is 0 Å². The van der Waals surface area contributed by atoms with Gasteiger partial charge in [0.2, 0.25) is 5.91 Å². The summed E-state index contributed by atoms with van der Waals surface area (Å²) in [6, 6.07) is 7.07. The van der Waals surface area contributed by atoms with Gasteiger partial charge >= 0.3 is 0 Å². The Hall–Kier alpha value is -2.15. The molecule has 0 bridgehead atoms. The van der Waals surface area contributed by atoms with Gasteiger partial charge in [-0.15, -0.1) is 10.2 Å². The van der Waals surface area contributed by atoms with Gasteiger partial charge in [0, 0.05) is 29.1 Å². The topological polar surface area (TPSA) is 76.9 Å². The second-order valence-corrected chi connectivity index (χ2v) is 9.57. The molecule has 1 aliphatic rings. The van der Waals surface area contributed by atoms with E-state index in [1.54, 1.807) is 24.3 Å². The molecule has 0 unspecified atom stereocenters. The van der Waals surface area contributed by atoms with Crippen molar-refractivity contribution in [3.8, 4) is 0 Å². The summed E-state index contributed by atoms with van der Waals surface area (Å²) >= 11 is 1.45. The largest absolute Gasteiger partial charge is 0.326 e. The number of amides is 1. The summed E-state index contributed by atoms with van der Waals surface area (Å²) in [5.41, 5.74) is 0.851.